The van der Waals surface area contributed by atoms with E-state index < -0.39 is 0 Å². The summed E-state index contributed by atoms with van der Waals surface area (Å²) in [6.45, 7) is 9.04. The Balaban J connectivity index is 0.000000437. The molecule has 0 aromatic heterocycles. The van der Waals surface area contributed by atoms with Crippen LogP contribution in [0.3, 0.4) is 0 Å². The molecule has 5 nitrogen and oxygen atoms in total. The third-order valence-electron chi connectivity index (χ3n) is 4.98. The smallest absolute Gasteiger partial charge is 0.211 e. The van der Waals surface area contributed by atoms with Crippen molar-refractivity contribution in [1.29, 1.82) is 0 Å². The SMILES string of the molecule is C=C/C(=C\C=C/C)CCC(=O)Cc1ccc(NCCN)cc1Cl.CCc1ccccc1NC=O. The Morgan fingerprint density at radius 3 is 2.53 bits per heavy atom. The second kappa shape index (κ2) is 17.3. The van der Waals surface area contributed by atoms with Crippen molar-refractivity contribution in [2.45, 2.75) is 39.5 Å². The van der Waals surface area contributed by atoms with E-state index in [-0.39, 0.29) is 5.78 Å². The number of carbonyl (C=O) groups excluding carboxylic acids is 2. The number of benzene rings is 2. The number of hydrogen-bond donors (Lipinski definition) is 3. The Bertz CT molecular complexity index is 983. The van der Waals surface area contributed by atoms with Crippen LogP contribution in [0.2, 0.25) is 5.02 Å². The fraction of sp³-hybridized carbons (Fsp3) is 0.286. The molecule has 6 heteroatoms. The lowest BCUT2D eigenvalue weighted by Crippen LogP contribution is -2.13. The highest BCUT2D eigenvalue weighted by Crippen LogP contribution is 2.22. The van der Waals surface area contributed by atoms with Gasteiger partial charge in [0.25, 0.3) is 0 Å². The molecule has 2 aromatic rings. The van der Waals surface area contributed by atoms with Crippen LogP contribution in [-0.4, -0.2) is 25.3 Å². The van der Waals surface area contributed by atoms with Gasteiger partial charge in [-0.3, -0.25) is 9.59 Å². The lowest BCUT2D eigenvalue weighted by atomic mass is 10.0. The van der Waals surface area contributed by atoms with Gasteiger partial charge >= 0.3 is 0 Å². The number of para-hydroxylation sites is 1. The highest BCUT2D eigenvalue weighted by atomic mass is 35.5. The minimum atomic E-state index is 0.169. The zero-order valence-corrected chi connectivity index (χ0v) is 20.9. The topological polar surface area (TPSA) is 84.2 Å². The van der Waals surface area contributed by atoms with Crippen molar-refractivity contribution in [3.05, 3.63) is 95.1 Å². The molecule has 0 saturated heterocycles. The molecule has 34 heavy (non-hydrogen) atoms. The normalized spacial score (nSPS) is 10.9. The highest BCUT2D eigenvalue weighted by Gasteiger charge is 2.08. The molecule has 0 aliphatic carbocycles. The third-order valence-corrected chi connectivity index (χ3v) is 5.34. The average Bonchev–Trinajstić information content (AvgIpc) is 2.85. The van der Waals surface area contributed by atoms with Gasteiger partial charge in [0.2, 0.25) is 6.41 Å². The van der Waals surface area contributed by atoms with Gasteiger partial charge in [-0.1, -0.05) is 73.7 Å². The zero-order chi connectivity index (χ0) is 25.2. The number of nitrogens with two attached hydrogens (primary N) is 1. The maximum atomic E-state index is 12.1. The van der Waals surface area contributed by atoms with Crippen molar-refractivity contribution in [2.24, 2.45) is 5.73 Å². The van der Waals surface area contributed by atoms with Gasteiger partial charge in [-0.2, -0.15) is 0 Å². The first kappa shape index (κ1) is 28.9. The molecule has 0 unspecified atom stereocenters. The second-order valence-corrected chi connectivity index (χ2v) is 7.89. The van der Waals surface area contributed by atoms with Crippen molar-refractivity contribution in [2.75, 3.05) is 23.7 Å². The van der Waals surface area contributed by atoms with Crippen molar-refractivity contribution in [3.8, 4) is 0 Å². The number of allylic oxidation sites excluding steroid dienone is 5. The molecule has 1 amide bonds. The van der Waals surface area contributed by atoms with Crippen LogP contribution < -0.4 is 16.4 Å². The van der Waals surface area contributed by atoms with E-state index in [0.29, 0.717) is 43.8 Å². The number of halogens is 1. The van der Waals surface area contributed by atoms with Crippen LogP contribution >= 0.6 is 11.6 Å². The first-order chi connectivity index (χ1) is 16.5. The van der Waals surface area contributed by atoms with Crippen molar-refractivity contribution in [3.63, 3.8) is 0 Å². The minimum absolute atomic E-state index is 0.169. The molecule has 0 radical (unpaired) electrons. The number of ketones is 1. The summed E-state index contributed by atoms with van der Waals surface area (Å²) < 4.78 is 0. The Morgan fingerprint density at radius 2 is 1.91 bits per heavy atom. The van der Waals surface area contributed by atoms with E-state index in [1.807, 2.05) is 67.6 Å². The lowest BCUT2D eigenvalue weighted by molar-refractivity contribution is -0.118. The van der Waals surface area contributed by atoms with E-state index in [1.54, 1.807) is 6.08 Å². The van der Waals surface area contributed by atoms with Gasteiger partial charge in [0.15, 0.2) is 0 Å². The summed E-state index contributed by atoms with van der Waals surface area (Å²) in [5.41, 5.74) is 10.4. The molecule has 0 aliphatic rings. The summed E-state index contributed by atoms with van der Waals surface area (Å²) in [5, 5.41) is 6.42. The van der Waals surface area contributed by atoms with Crippen LogP contribution in [-0.2, 0) is 22.4 Å². The second-order valence-electron chi connectivity index (χ2n) is 7.48. The van der Waals surface area contributed by atoms with Crippen LogP contribution in [0.1, 0.15) is 37.8 Å². The van der Waals surface area contributed by atoms with Crippen molar-refractivity contribution < 1.29 is 9.59 Å². The quantitative estimate of drug-likeness (QED) is 0.238. The van der Waals surface area contributed by atoms with Crippen LogP contribution in [0.4, 0.5) is 11.4 Å². The molecular weight excluding hydrogens is 446 g/mol. The monoisotopic (exact) mass is 481 g/mol. The van der Waals surface area contributed by atoms with E-state index >= 15 is 0 Å². The summed E-state index contributed by atoms with van der Waals surface area (Å²) >= 11 is 6.25. The van der Waals surface area contributed by atoms with Gasteiger partial charge in [-0.05, 0) is 54.7 Å². The van der Waals surface area contributed by atoms with Gasteiger partial charge in [0.05, 0.1) is 0 Å². The first-order valence-electron chi connectivity index (χ1n) is 11.4. The van der Waals surface area contributed by atoms with Crippen LogP contribution in [0.5, 0.6) is 0 Å². The summed E-state index contributed by atoms with van der Waals surface area (Å²) in [5.74, 6) is 0.169. The molecule has 0 aliphatic heterocycles. The third kappa shape index (κ3) is 11.1. The number of amides is 1. The van der Waals surface area contributed by atoms with E-state index in [2.05, 4.69) is 24.1 Å². The first-order valence-corrected chi connectivity index (χ1v) is 11.8. The molecule has 0 heterocycles. The molecule has 0 saturated carbocycles. The fourth-order valence-corrected chi connectivity index (χ4v) is 3.36. The van der Waals surface area contributed by atoms with Gasteiger partial charge < -0.3 is 16.4 Å². The summed E-state index contributed by atoms with van der Waals surface area (Å²) in [4.78, 5) is 22.3. The van der Waals surface area contributed by atoms with Crippen LogP contribution in [0.15, 0.2) is 78.9 Å². The molecule has 2 rings (SSSR count). The maximum absolute atomic E-state index is 12.1. The van der Waals surface area contributed by atoms with Gasteiger partial charge in [-0.25, -0.2) is 0 Å². The number of anilines is 2. The Labute approximate surface area is 208 Å². The maximum Gasteiger partial charge on any atom is 0.211 e. The number of Topliss-reactive ketones (excluding diaryl/α,β-unsaturated/α-hetero) is 1. The van der Waals surface area contributed by atoms with E-state index in [1.165, 1.54) is 5.56 Å². The molecular formula is C28H36ClN3O2. The molecule has 0 bridgehead atoms. The predicted octanol–water partition coefficient (Wildman–Crippen LogP) is 6.11. The molecule has 4 N–H and O–H groups in total. The molecule has 0 atom stereocenters. The summed E-state index contributed by atoms with van der Waals surface area (Å²) in [7, 11) is 0. The van der Waals surface area contributed by atoms with Crippen LogP contribution in [0.25, 0.3) is 0 Å². The van der Waals surface area contributed by atoms with Crippen LogP contribution in [0, 0.1) is 0 Å². The Morgan fingerprint density at radius 1 is 1.15 bits per heavy atom. The van der Waals surface area contributed by atoms with Crippen molar-refractivity contribution >= 4 is 35.2 Å². The minimum Gasteiger partial charge on any atom is -0.384 e. The standard InChI is InChI=1S/C19H25ClN2O.C9H11NO/c1-3-5-6-15(4-2)7-10-18(23)13-16-8-9-17(14-19(16)20)22-12-11-21;1-2-8-5-3-4-6-9(8)10-7-11/h3-6,8-9,14,22H,2,7,10-13,21H2,1H3;3-7H,2H2,1H3,(H,10,11)/b5-3-,15-6+;. The predicted molar refractivity (Wildman–Crippen MR) is 146 cm³/mol. The fourth-order valence-electron chi connectivity index (χ4n) is 3.11. The highest BCUT2D eigenvalue weighted by molar-refractivity contribution is 6.31. The van der Waals surface area contributed by atoms with Gasteiger partial charge in [0, 0.05) is 42.3 Å². The number of rotatable bonds is 13. The number of hydrogen-bond acceptors (Lipinski definition) is 4. The summed E-state index contributed by atoms with van der Waals surface area (Å²) in [6, 6.07) is 13.4. The average molecular weight is 482 g/mol. The number of carbonyl (C=O) groups is 2. The Hall–Kier alpha value is -3.15. The van der Waals surface area contributed by atoms with Gasteiger partial charge in [-0.15, -0.1) is 0 Å². The number of nitrogens with one attached hydrogen (secondary N) is 2. The molecule has 182 valence electrons. The summed E-state index contributed by atoms with van der Waals surface area (Å²) in [6.07, 6.45) is 10.8. The number of aryl methyl sites for hydroxylation is 1. The van der Waals surface area contributed by atoms with E-state index in [0.717, 1.165) is 28.9 Å². The Kier molecular flexibility index (Phi) is 14.7. The van der Waals surface area contributed by atoms with Crippen molar-refractivity contribution in [1.82, 2.24) is 0 Å². The van der Waals surface area contributed by atoms with E-state index in [9.17, 15) is 9.59 Å². The van der Waals surface area contributed by atoms with E-state index in [4.69, 9.17) is 17.3 Å². The molecule has 0 spiro atoms. The largest absolute Gasteiger partial charge is 0.384 e. The lowest BCUT2D eigenvalue weighted by Gasteiger charge is -2.09. The van der Waals surface area contributed by atoms with Gasteiger partial charge in [0.1, 0.15) is 5.78 Å². The molecule has 0 fully saturated rings. The zero-order valence-electron chi connectivity index (χ0n) is 20.1. The molecule has 2 aromatic carbocycles.